The van der Waals surface area contributed by atoms with Gasteiger partial charge in [-0.3, -0.25) is 9.69 Å². The molecule has 6 nitrogen and oxygen atoms in total. The Morgan fingerprint density at radius 1 is 1.15 bits per heavy atom. The van der Waals surface area contributed by atoms with Gasteiger partial charge in [-0.05, 0) is 39.2 Å². The van der Waals surface area contributed by atoms with E-state index < -0.39 is 0 Å². The van der Waals surface area contributed by atoms with Crippen LogP contribution in [-0.2, 0) is 7.05 Å². The molecule has 27 heavy (non-hydrogen) atoms. The van der Waals surface area contributed by atoms with Gasteiger partial charge in [-0.1, -0.05) is 24.6 Å². The number of aromatic nitrogens is 1. The number of rotatable bonds is 5. The van der Waals surface area contributed by atoms with Crippen LogP contribution >= 0.6 is 0 Å². The van der Waals surface area contributed by atoms with Crippen LogP contribution < -0.4 is 16.2 Å². The average molecular weight is 370 g/mol. The van der Waals surface area contributed by atoms with Crippen molar-refractivity contribution in [2.24, 2.45) is 7.05 Å². The highest BCUT2D eigenvalue weighted by Gasteiger charge is 2.23. The van der Waals surface area contributed by atoms with Gasteiger partial charge in [0, 0.05) is 49.2 Å². The maximum absolute atomic E-state index is 12.3. The highest BCUT2D eigenvalue weighted by Crippen LogP contribution is 2.22. The van der Waals surface area contributed by atoms with Crippen molar-refractivity contribution < 1.29 is 4.79 Å². The molecule has 0 bridgehead atoms. The first-order valence-electron chi connectivity index (χ1n) is 9.86. The van der Waals surface area contributed by atoms with Crippen molar-refractivity contribution in [1.82, 2.24) is 14.8 Å². The highest BCUT2D eigenvalue weighted by molar-refractivity contribution is 6.00. The molecule has 2 N–H and O–H groups in total. The molecule has 1 aliphatic heterocycles. The number of urea groups is 1. The van der Waals surface area contributed by atoms with Gasteiger partial charge >= 0.3 is 6.03 Å². The first kappa shape index (κ1) is 19.4. The first-order valence-corrected chi connectivity index (χ1v) is 9.86. The molecule has 0 unspecified atom stereocenters. The average Bonchev–Trinajstić information content (AvgIpc) is 2.65. The lowest BCUT2D eigenvalue weighted by Crippen LogP contribution is -2.45. The van der Waals surface area contributed by atoms with Crippen LogP contribution in [0.5, 0.6) is 0 Å². The summed E-state index contributed by atoms with van der Waals surface area (Å²) in [5.74, 6) is 0. The summed E-state index contributed by atoms with van der Waals surface area (Å²) in [5, 5.41) is 7.18. The molecular formula is C21H30N4O2. The van der Waals surface area contributed by atoms with Crippen LogP contribution in [0.4, 0.5) is 10.5 Å². The second kappa shape index (κ2) is 8.57. The second-order valence-corrected chi connectivity index (χ2v) is 7.61. The van der Waals surface area contributed by atoms with Crippen molar-refractivity contribution >= 4 is 22.5 Å². The van der Waals surface area contributed by atoms with E-state index in [1.807, 2.05) is 18.2 Å². The van der Waals surface area contributed by atoms with Gasteiger partial charge in [0.25, 0.3) is 5.56 Å². The Morgan fingerprint density at radius 2 is 1.81 bits per heavy atom. The molecule has 3 rings (SSSR count). The Balaban J connectivity index is 1.55. The Hall–Kier alpha value is -2.34. The van der Waals surface area contributed by atoms with Crippen molar-refractivity contribution in [2.75, 3.05) is 18.4 Å². The molecule has 146 valence electrons. The van der Waals surface area contributed by atoms with E-state index in [0.717, 1.165) is 18.4 Å². The summed E-state index contributed by atoms with van der Waals surface area (Å²) in [6.45, 7) is 6.22. The molecule has 0 radical (unpaired) electrons. The maximum atomic E-state index is 12.3. The monoisotopic (exact) mass is 370 g/mol. The number of nitrogens with one attached hydrogen (secondary N) is 2. The van der Waals surface area contributed by atoms with E-state index in [9.17, 15) is 9.59 Å². The predicted octanol–water partition coefficient (Wildman–Crippen LogP) is 3.31. The van der Waals surface area contributed by atoms with Crippen LogP contribution in [0.1, 0.15) is 39.5 Å². The van der Waals surface area contributed by atoms with E-state index >= 15 is 0 Å². The molecule has 1 aromatic carbocycles. The summed E-state index contributed by atoms with van der Waals surface area (Å²) >= 11 is 0. The van der Waals surface area contributed by atoms with Crippen LogP contribution in [0, 0.1) is 0 Å². The maximum Gasteiger partial charge on any atom is 0.319 e. The number of piperidine rings is 1. The van der Waals surface area contributed by atoms with Gasteiger partial charge in [0.05, 0.1) is 5.69 Å². The number of fused-ring (bicyclic) bond motifs is 1. The fourth-order valence-corrected chi connectivity index (χ4v) is 4.06. The summed E-state index contributed by atoms with van der Waals surface area (Å²) in [7, 11) is 1.69. The van der Waals surface area contributed by atoms with E-state index in [2.05, 4.69) is 29.4 Å². The van der Waals surface area contributed by atoms with Crippen LogP contribution in [0.3, 0.4) is 0 Å². The molecule has 2 atom stereocenters. The lowest BCUT2D eigenvalue weighted by atomic mass is 9.97. The summed E-state index contributed by atoms with van der Waals surface area (Å²) in [6, 6.07) is 8.34. The third kappa shape index (κ3) is 4.50. The second-order valence-electron chi connectivity index (χ2n) is 7.61. The SMILES string of the molecule is C[C@@H]1CCC[C@H](C)N1CCCNC(=O)Nc1cn(C)c(=O)c2ccccc12. The molecular weight excluding hydrogens is 340 g/mol. The van der Waals surface area contributed by atoms with E-state index in [1.54, 1.807) is 19.3 Å². The standard InChI is InChI=1S/C21H30N4O2/c1-15-8-6-9-16(2)25(15)13-7-12-22-21(27)23-19-14-24(3)20(26)18-11-5-4-10-17(18)19/h4-5,10-11,14-16H,6-9,12-13H2,1-3H3,(H2,22,23,27)/t15-,16+. The number of pyridine rings is 1. The molecule has 1 aromatic heterocycles. The quantitative estimate of drug-likeness (QED) is 0.794. The third-order valence-corrected chi connectivity index (χ3v) is 5.59. The lowest BCUT2D eigenvalue weighted by Gasteiger charge is -2.39. The van der Waals surface area contributed by atoms with Gasteiger partial charge in [-0.15, -0.1) is 0 Å². The van der Waals surface area contributed by atoms with Crippen molar-refractivity contribution in [1.29, 1.82) is 0 Å². The molecule has 2 heterocycles. The number of likely N-dealkylation sites (tertiary alicyclic amines) is 1. The zero-order chi connectivity index (χ0) is 19.4. The van der Waals surface area contributed by atoms with Crippen molar-refractivity contribution in [3.63, 3.8) is 0 Å². The van der Waals surface area contributed by atoms with Crippen LogP contribution in [0.2, 0.25) is 0 Å². The topological polar surface area (TPSA) is 66.4 Å². The van der Waals surface area contributed by atoms with Crippen molar-refractivity contribution in [2.45, 2.75) is 51.6 Å². The number of hydrogen-bond donors (Lipinski definition) is 2. The Labute approximate surface area is 160 Å². The number of benzene rings is 1. The van der Waals surface area contributed by atoms with Gasteiger partial charge in [0.2, 0.25) is 0 Å². The molecule has 1 saturated heterocycles. The van der Waals surface area contributed by atoms with E-state index in [0.29, 0.717) is 29.7 Å². The minimum Gasteiger partial charge on any atom is -0.338 e. The Kier molecular flexibility index (Phi) is 6.16. The van der Waals surface area contributed by atoms with E-state index in [-0.39, 0.29) is 11.6 Å². The minimum atomic E-state index is -0.237. The molecule has 2 aromatic rings. The zero-order valence-electron chi connectivity index (χ0n) is 16.5. The first-order chi connectivity index (χ1) is 13.0. The van der Waals surface area contributed by atoms with Gasteiger partial charge < -0.3 is 15.2 Å². The highest BCUT2D eigenvalue weighted by atomic mass is 16.2. The molecule has 6 heteroatoms. The minimum absolute atomic E-state index is 0.0682. The molecule has 0 aliphatic carbocycles. The largest absolute Gasteiger partial charge is 0.338 e. The number of hydrogen-bond acceptors (Lipinski definition) is 3. The molecule has 0 spiro atoms. The van der Waals surface area contributed by atoms with Gasteiger partial charge in [-0.25, -0.2) is 4.79 Å². The van der Waals surface area contributed by atoms with E-state index in [4.69, 9.17) is 0 Å². The molecule has 0 saturated carbocycles. The third-order valence-electron chi connectivity index (χ3n) is 5.59. The number of aryl methyl sites for hydroxylation is 1. The van der Waals surface area contributed by atoms with Gasteiger partial charge in [-0.2, -0.15) is 0 Å². The van der Waals surface area contributed by atoms with Gasteiger partial charge in [0.15, 0.2) is 0 Å². The summed E-state index contributed by atoms with van der Waals surface area (Å²) in [6.07, 6.45) is 6.43. The fraction of sp³-hybridized carbons (Fsp3) is 0.524. The zero-order valence-corrected chi connectivity index (χ0v) is 16.5. The molecule has 2 amide bonds. The van der Waals surface area contributed by atoms with Crippen LogP contribution in [-0.4, -0.2) is 40.7 Å². The van der Waals surface area contributed by atoms with Gasteiger partial charge in [0.1, 0.15) is 0 Å². The van der Waals surface area contributed by atoms with Crippen molar-refractivity contribution in [3.8, 4) is 0 Å². The van der Waals surface area contributed by atoms with Crippen molar-refractivity contribution in [3.05, 3.63) is 40.8 Å². The number of carbonyl (C=O) groups is 1. The normalized spacial score (nSPS) is 20.6. The fourth-order valence-electron chi connectivity index (χ4n) is 4.06. The van der Waals surface area contributed by atoms with E-state index in [1.165, 1.54) is 23.8 Å². The molecule has 1 fully saturated rings. The van der Waals surface area contributed by atoms with Crippen LogP contribution in [0.15, 0.2) is 35.3 Å². The Bertz CT molecular complexity index is 851. The number of anilines is 1. The summed E-state index contributed by atoms with van der Waals surface area (Å²) in [4.78, 5) is 27.1. The lowest BCUT2D eigenvalue weighted by molar-refractivity contribution is 0.102. The number of nitrogens with zero attached hydrogens (tertiary/aromatic N) is 2. The number of amides is 2. The number of carbonyl (C=O) groups excluding carboxylic acids is 1. The Morgan fingerprint density at radius 3 is 2.52 bits per heavy atom. The smallest absolute Gasteiger partial charge is 0.319 e. The summed E-state index contributed by atoms with van der Waals surface area (Å²) in [5.41, 5.74) is 0.574. The van der Waals surface area contributed by atoms with Crippen LogP contribution in [0.25, 0.3) is 10.8 Å². The summed E-state index contributed by atoms with van der Waals surface area (Å²) < 4.78 is 1.50. The molecule has 1 aliphatic rings. The predicted molar refractivity (Wildman–Crippen MR) is 110 cm³/mol.